The van der Waals surface area contributed by atoms with Crippen LogP contribution in [0.1, 0.15) is 341 Å². The zero-order chi connectivity index (χ0) is 51.7. The molecule has 3 atom stereocenters. The van der Waals surface area contributed by atoms with E-state index in [0.29, 0.717) is 6.61 Å². The summed E-state index contributed by atoms with van der Waals surface area (Å²) in [4.78, 5) is 22.8. The number of unbranched alkanes of at least 4 members (excludes halogenated alkanes) is 48. The summed E-state index contributed by atoms with van der Waals surface area (Å²) in [6.45, 7) is 3.62. The van der Waals surface area contributed by atoms with E-state index in [2.05, 4.69) is 13.8 Å². The van der Waals surface area contributed by atoms with Gasteiger partial charge in [0.15, 0.2) is 0 Å². The second kappa shape index (κ2) is 58.7. The molecule has 0 rings (SSSR count). The average Bonchev–Trinajstić information content (AvgIpc) is 3.36. The van der Waals surface area contributed by atoms with E-state index in [-0.39, 0.29) is 25.6 Å². The molecule has 0 heterocycles. The molecule has 0 aliphatic rings. The summed E-state index contributed by atoms with van der Waals surface area (Å²) in [6.07, 6.45) is 65.5. The second-order valence-electron chi connectivity index (χ2n) is 21.8. The van der Waals surface area contributed by atoms with Crippen LogP contribution in [0.3, 0.4) is 0 Å². The summed E-state index contributed by atoms with van der Waals surface area (Å²) in [7, 11) is -4.52. The Bertz CT molecular complexity index is 1080. The van der Waals surface area contributed by atoms with Crippen LogP contribution in [0.15, 0.2) is 0 Å². The van der Waals surface area contributed by atoms with E-state index in [9.17, 15) is 19.4 Å². The highest BCUT2D eigenvalue weighted by Crippen LogP contribution is 2.43. The smallest absolute Gasteiger partial charge is 0.457 e. The third-order valence-corrected chi connectivity index (χ3v) is 15.5. The standard InChI is InChI=1S/C61H123O9P/c1-3-5-7-9-11-13-15-17-19-21-22-23-24-25-26-27-28-29-30-31-32-33-34-35-36-37-38-39-41-43-45-47-49-51-53-61(64)70-60(58-69-71(65,66)68-56-59(63)55-62)57-67-54-52-50-48-46-44-42-40-20-18-16-14-12-10-8-6-4-2/h59-60,62-63H,3-58H2,1-2H3,(H,65,66)/t59-,60+/m0/s1. The number of esters is 1. The number of phosphoric ester groups is 1. The first-order valence-electron chi connectivity index (χ1n) is 31.5. The zero-order valence-corrected chi connectivity index (χ0v) is 48.4. The molecule has 10 heteroatoms. The number of hydrogen-bond acceptors (Lipinski definition) is 8. The van der Waals surface area contributed by atoms with Gasteiger partial charge >= 0.3 is 13.8 Å². The number of phosphoric acid groups is 1. The summed E-state index contributed by atoms with van der Waals surface area (Å²) in [5.41, 5.74) is 0. The van der Waals surface area contributed by atoms with Gasteiger partial charge in [-0.3, -0.25) is 13.8 Å². The van der Waals surface area contributed by atoms with Gasteiger partial charge in [0.1, 0.15) is 12.2 Å². The molecule has 0 radical (unpaired) electrons. The second-order valence-corrected chi connectivity index (χ2v) is 23.3. The van der Waals surface area contributed by atoms with Crippen LogP contribution in [-0.4, -0.2) is 66.3 Å². The third kappa shape index (κ3) is 58.6. The number of carbonyl (C=O) groups excluding carboxylic acids is 1. The Morgan fingerprint density at radius 1 is 0.380 bits per heavy atom. The number of hydrogen-bond donors (Lipinski definition) is 3. The SMILES string of the molecule is CCCCCCCCCCCCCCCCCCCCCCCCCCCCCCCCCCCCC(=O)O[C@H](COCCCCCCCCCCCCCCCCCC)COP(=O)(O)OC[C@@H](O)CO. The van der Waals surface area contributed by atoms with E-state index in [1.807, 2.05) is 0 Å². The van der Waals surface area contributed by atoms with Gasteiger partial charge in [-0.25, -0.2) is 4.57 Å². The van der Waals surface area contributed by atoms with Crippen molar-refractivity contribution >= 4 is 13.8 Å². The highest BCUT2D eigenvalue weighted by molar-refractivity contribution is 7.47. The van der Waals surface area contributed by atoms with Crippen molar-refractivity contribution in [1.29, 1.82) is 0 Å². The molecular formula is C61H123O9P. The molecular weight excluding hydrogens is 908 g/mol. The molecule has 0 aliphatic carbocycles. The molecule has 0 amide bonds. The lowest BCUT2D eigenvalue weighted by atomic mass is 10.0. The normalized spacial score (nSPS) is 13.5. The molecule has 0 bridgehead atoms. The maximum atomic E-state index is 12.7. The zero-order valence-electron chi connectivity index (χ0n) is 47.5. The lowest BCUT2D eigenvalue weighted by Crippen LogP contribution is -2.29. The van der Waals surface area contributed by atoms with Crippen molar-refractivity contribution in [3.05, 3.63) is 0 Å². The van der Waals surface area contributed by atoms with Crippen molar-refractivity contribution in [2.75, 3.05) is 33.0 Å². The molecule has 9 nitrogen and oxygen atoms in total. The van der Waals surface area contributed by atoms with Gasteiger partial charge in [-0.1, -0.05) is 322 Å². The summed E-state index contributed by atoms with van der Waals surface area (Å²) >= 11 is 0. The monoisotopic (exact) mass is 1030 g/mol. The van der Waals surface area contributed by atoms with Crippen LogP contribution in [0.4, 0.5) is 0 Å². The van der Waals surface area contributed by atoms with E-state index in [1.165, 1.54) is 289 Å². The first-order chi connectivity index (χ1) is 34.8. The van der Waals surface area contributed by atoms with Crippen molar-refractivity contribution in [3.63, 3.8) is 0 Å². The Morgan fingerprint density at radius 3 is 0.915 bits per heavy atom. The molecule has 0 aromatic carbocycles. The number of aliphatic hydroxyl groups excluding tert-OH is 2. The lowest BCUT2D eigenvalue weighted by Gasteiger charge is -2.20. The maximum absolute atomic E-state index is 12.7. The van der Waals surface area contributed by atoms with E-state index in [4.69, 9.17) is 23.6 Å². The topological polar surface area (TPSA) is 132 Å². The van der Waals surface area contributed by atoms with Crippen molar-refractivity contribution in [1.82, 2.24) is 0 Å². The molecule has 0 fully saturated rings. The minimum atomic E-state index is -4.52. The molecule has 0 saturated heterocycles. The van der Waals surface area contributed by atoms with E-state index < -0.39 is 33.2 Å². The fourth-order valence-electron chi connectivity index (χ4n) is 9.77. The Kier molecular flexibility index (Phi) is 58.3. The summed E-state index contributed by atoms with van der Waals surface area (Å²) in [6, 6.07) is 0. The van der Waals surface area contributed by atoms with Gasteiger partial charge in [-0.15, -0.1) is 0 Å². The van der Waals surface area contributed by atoms with Gasteiger partial charge < -0.3 is 24.6 Å². The molecule has 1 unspecified atom stereocenters. The van der Waals surface area contributed by atoms with E-state index in [0.717, 1.165) is 32.1 Å². The molecule has 71 heavy (non-hydrogen) atoms. The van der Waals surface area contributed by atoms with E-state index >= 15 is 0 Å². The number of ether oxygens (including phenoxy) is 2. The van der Waals surface area contributed by atoms with Crippen LogP contribution in [0.25, 0.3) is 0 Å². The predicted molar refractivity (Wildman–Crippen MR) is 302 cm³/mol. The third-order valence-electron chi connectivity index (χ3n) is 14.5. The van der Waals surface area contributed by atoms with Crippen LogP contribution in [0.2, 0.25) is 0 Å². The molecule has 426 valence electrons. The Balaban J connectivity index is 3.79. The molecule has 0 aliphatic heterocycles. The summed E-state index contributed by atoms with van der Waals surface area (Å²) in [5, 5.41) is 18.5. The number of rotatable bonds is 62. The van der Waals surface area contributed by atoms with Crippen LogP contribution in [0, 0.1) is 0 Å². The first kappa shape index (κ1) is 70.5. The van der Waals surface area contributed by atoms with Crippen LogP contribution >= 0.6 is 7.82 Å². The molecule has 3 N–H and O–H groups in total. The van der Waals surface area contributed by atoms with Crippen LogP contribution in [0.5, 0.6) is 0 Å². The van der Waals surface area contributed by atoms with Crippen molar-refractivity contribution in [3.8, 4) is 0 Å². The van der Waals surface area contributed by atoms with Crippen LogP contribution < -0.4 is 0 Å². The van der Waals surface area contributed by atoms with Gasteiger partial charge in [-0.05, 0) is 12.8 Å². The predicted octanol–water partition coefficient (Wildman–Crippen LogP) is 19.3. The van der Waals surface area contributed by atoms with Crippen molar-refractivity contribution in [2.24, 2.45) is 0 Å². The van der Waals surface area contributed by atoms with Gasteiger partial charge in [0, 0.05) is 13.0 Å². The molecule has 0 aromatic rings. The Hall–Kier alpha value is -0.540. The Morgan fingerprint density at radius 2 is 0.634 bits per heavy atom. The van der Waals surface area contributed by atoms with Gasteiger partial charge in [0.2, 0.25) is 0 Å². The quantitative estimate of drug-likeness (QED) is 0.0309. The van der Waals surface area contributed by atoms with Gasteiger partial charge in [0.05, 0.1) is 26.4 Å². The molecule has 0 spiro atoms. The van der Waals surface area contributed by atoms with E-state index in [1.54, 1.807) is 0 Å². The number of carbonyl (C=O) groups is 1. The highest BCUT2D eigenvalue weighted by atomic mass is 31.2. The van der Waals surface area contributed by atoms with Gasteiger partial charge in [0.25, 0.3) is 0 Å². The highest BCUT2D eigenvalue weighted by Gasteiger charge is 2.26. The van der Waals surface area contributed by atoms with Crippen molar-refractivity contribution in [2.45, 2.75) is 354 Å². The molecule has 0 saturated carbocycles. The van der Waals surface area contributed by atoms with Crippen LogP contribution in [-0.2, 0) is 27.9 Å². The largest absolute Gasteiger partial charge is 0.472 e. The maximum Gasteiger partial charge on any atom is 0.472 e. The fourth-order valence-corrected chi connectivity index (χ4v) is 10.6. The fraction of sp³-hybridized carbons (Fsp3) is 0.984. The minimum Gasteiger partial charge on any atom is -0.457 e. The first-order valence-corrected chi connectivity index (χ1v) is 33.0. The number of aliphatic hydroxyl groups is 2. The van der Waals surface area contributed by atoms with Gasteiger partial charge in [-0.2, -0.15) is 0 Å². The minimum absolute atomic E-state index is 0.0590. The molecule has 0 aromatic heterocycles. The average molecular weight is 1030 g/mol. The Labute approximate surface area is 441 Å². The lowest BCUT2D eigenvalue weighted by molar-refractivity contribution is -0.154. The van der Waals surface area contributed by atoms with Crippen molar-refractivity contribution < 1.29 is 43.0 Å². The summed E-state index contributed by atoms with van der Waals surface area (Å²) in [5.74, 6) is -0.370. The summed E-state index contributed by atoms with van der Waals surface area (Å²) < 4.78 is 33.6.